The van der Waals surface area contributed by atoms with Gasteiger partial charge in [-0.3, -0.25) is 0 Å². The summed E-state index contributed by atoms with van der Waals surface area (Å²) in [4.78, 5) is 0. The average Bonchev–Trinajstić information content (AvgIpc) is 2.30. The van der Waals surface area contributed by atoms with Crippen molar-refractivity contribution in [1.29, 1.82) is 0 Å². The summed E-state index contributed by atoms with van der Waals surface area (Å²) < 4.78 is -0.766. The minimum atomic E-state index is -0.766. The van der Waals surface area contributed by atoms with E-state index in [-0.39, 0.29) is 20.4 Å². The first-order chi connectivity index (χ1) is 8.09. The van der Waals surface area contributed by atoms with Gasteiger partial charge in [0.25, 0.3) is 0 Å². The second-order valence-corrected chi connectivity index (χ2v) is 8.68. The van der Waals surface area contributed by atoms with Crippen LogP contribution in [0, 0.1) is 0 Å². The molecule has 0 unspecified atom stereocenters. The van der Waals surface area contributed by atoms with Gasteiger partial charge in [-0.1, -0.05) is 83.9 Å². The summed E-state index contributed by atoms with van der Waals surface area (Å²) in [7, 11) is -0.761. The normalized spacial score (nSPS) is 11.1. The van der Waals surface area contributed by atoms with E-state index in [1.807, 2.05) is 43.3 Å². The largest absolute Gasteiger partial charge is 0.142 e. The molecule has 4 heteroatoms. The molecule has 0 aliphatic rings. The SMILES string of the molecule is CC(Cl)(Cl)P(c1ccccc1)c1ccccc1.[Pd]. The molecule has 0 aromatic heterocycles. The van der Waals surface area contributed by atoms with E-state index in [0.29, 0.717) is 0 Å². The summed E-state index contributed by atoms with van der Waals surface area (Å²) in [5, 5.41) is 2.39. The molecule has 0 radical (unpaired) electrons. The Labute approximate surface area is 133 Å². The van der Waals surface area contributed by atoms with Crippen LogP contribution in [0.25, 0.3) is 0 Å². The van der Waals surface area contributed by atoms with Crippen molar-refractivity contribution < 1.29 is 20.4 Å². The molecule has 2 aromatic rings. The van der Waals surface area contributed by atoms with Crippen LogP contribution in [0.2, 0.25) is 0 Å². The van der Waals surface area contributed by atoms with Crippen LogP contribution < -0.4 is 10.6 Å². The first kappa shape index (κ1) is 16.2. The summed E-state index contributed by atoms with van der Waals surface area (Å²) in [5.41, 5.74) is 0. The van der Waals surface area contributed by atoms with Gasteiger partial charge in [0.15, 0.2) is 0 Å². The van der Waals surface area contributed by atoms with E-state index < -0.39 is 12.0 Å². The third-order valence-electron chi connectivity index (χ3n) is 2.42. The van der Waals surface area contributed by atoms with E-state index in [2.05, 4.69) is 24.3 Å². The molecule has 0 heterocycles. The molecule has 0 aliphatic carbocycles. The topological polar surface area (TPSA) is 0 Å². The van der Waals surface area contributed by atoms with Crippen LogP contribution in [-0.4, -0.2) is 4.07 Å². The minimum Gasteiger partial charge on any atom is -0.0961 e. The van der Waals surface area contributed by atoms with Crippen molar-refractivity contribution in [2.75, 3.05) is 0 Å². The maximum atomic E-state index is 6.36. The molecule has 0 fully saturated rings. The monoisotopic (exact) mass is 388 g/mol. The van der Waals surface area contributed by atoms with Crippen molar-refractivity contribution >= 4 is 41.7 Å². The molecule has 0 spiro atoms. The number of rotatable bonds is 3. The van der Waals surface area contributed by atoms with Gasteiger partial charge in [0.1, 0.15) is 4.07 Å². The Kier molecular flexibility index (Phi) is 6.33. The zero-order valence-corrected chi connectivity index (χ0v) is 13.8. The fourth-order valence-electron chi connectivity index (χ4n) is 1.76. The summed E-state index contributed by atoms with van der Waals surface area (Å²) >= 11 is 12.7. The number of halogens is 2. The Morgan fingerprint density at radius 2 is 1.11 bits per heavy atom. The van der Waals surface area contributed by atoms with E-state index >= 15 is 0 Å². The van der Waals surface area contributed by atoms with Gasteiger partial charge in [0.2, 0.25) is 0 Å². The van der Waals surface area contributed by atoms with Gasteiger partial charge in [-0.2, -0.15) is 0 Å². The van der Waals surface area contributed by atoms with E-state index in [4.69, 9.17) is 23.2 Å². The van der Waals surface area contributed by atoms with Gasteiger partial charge in [-0.15, -0.1) is 0 Å². The Morgan fingerprint density at radius 1 is 0.778 bits per heavy atom. The standard InChI is InChI=1S/C14H13Cl2P.Pd/c1-14(15,16)17(12-8-4-2-5-9-12)13-10-6-3-7-11-13;/h2-11H,1H3;. The number of benzene rings is 2. The molecule has 0 aliphatic heterocycles. The summed E-state index contributed by atoms with van der Waals surface area (Å²) in [6.45, 7) is 1.86. The Morgan fingerprint density at radius 3 is 1.39 bits per heavy atom. The van der Waals surface area contributed by atoms with Crippen LogP contribution in [0.15, 0.2) is 60.7 Å². The Hall–Kier alpha value is 0.112. The van der Waals surface area contributed by atoms with Crippen LogP contribution in [0.1, 0.15) is 6.92 Å². The Balaban J connectivity index is 0.00000162. The van der Waals surface area contributed by atoms with Crippen LogP contribution in [0.4, 0.5) is 0 Å². The number of hydrogen-bond acceptors (Lipinski definition) is 0. The predicted molar refractivity (Wildman–Crippen MR) is 79.2 cm³/mol. The smallest absolute Gasteiger partial charge is 0.0961 e. The van der Waals surface area contributed by atoms with Crippen LogP contribution >= 0.6 is 31.1 Å². The quantitative estimate of drug-likeness (QED) is 0.418. The summed E-state index contributed by atoms with van der Waals surface area (Å²) in [6.07, 6.45) is 0. The second kappa shape index (κ2) is 7.04. The molecule has 0 atom stereocenters. The van der Waals surface area contributed by atoms with Gasteiger partial charge in [0, 0.05) is 20.4 Å². The molecular weight excluding hydrogens is 376 g/mol. The molecule has 98 valence electrons. The van der Waals surface area contributed by atoms with Crippen molar-refractivity contribution in [2.45, 2.75) is 11.0 Å². The van der Waals surface area contributed by atoms with Crippen molar-refractivity contribution in [1.82, 2.24) is 0 Å². The maximum absolute atomic E-state index is 6.36. The van der Waals surface area contributed by atoms with Gasteiger partial charge >= 0.3 is 0 Å². The second-order valence-electron chi connectivity index (χ2n) is 3.85. The minimum absolute atomic E-state index is 0. The zero-order chi connectivity index (χ0) is 12.3. The van der Waals surface area contributed by atoms with Crippen molar-refractivity contribution in [2.24, 2.45) is 0 Å². The van der Waals surface area contributed by atoms with Crippen LogP contribution in [-0.2, 0) is 20.4 Å². The fraction of sp³-hybridized carbons (Fsp3) is 0.143. The first-order valence-corrected chi connectivity index (χ1v) is 7.47. The number of alkyl halides is 2. The molecule has 0 N–H and O–H groups in total. The van der Waals surface area contributed by atoms with Gasteiger partial charge < -0.3 is 0 Å². The van der Waals surface area contributed by atoms with E-state index in [9.17, 15) is 0 Å². The summed E-state index contributed by atoms with van der Waals surface area (Å²) in [6, 6.07) is 20.4. The van der Waals surface area contributed by atoms with Crippen molar-refractivity contribution in [3.8, 4) is 0 Å². The maximum Gasteiger partial charge on any atom is 0.142 e. The number of hydrogen-bond donors (Lipinski definition) is 0. The molecule has 0 amide bonds. The van der Waals surface area contributed by atoms with Gasteiger partial charge in [-0.25, -0.2) is 0 Å². The molecule has 0 bridgehead atoms. The molecule has 0 nitrogen and oxygen atoms in total. The van der Waals surface area contributed by atoms with Gasteiger partial charge in [0.05, 0.1) is 0 Å². The molecule has 18 heavy (non-hydrogen) atoms. The average molecular weight is 390 g/mol. The van der Waals surface area contributed by atoms with Crippen molar-refractivity contribution in [3.63, 3.8) is 0 Å². The zero-order valence-electron chi connectivity index (χ0n) is 9.79. The molecular formula is C14H13Cl2PPd. The van der Waals surface area contributed by atoms with E-state index in [1.54, 1.807) is 0 Å². The van der Waals surface area contributed by atoms with Crippen molar-refractivity contribution in [3.05, 3.63) is 60.7 Å². The van der Waals surface area contributed by atoms with Crippen LogP contribution in [0.5, 0.6) is 0 Å². The fourth-order valence-corrected chi connectivity index (χ4v) is 5.07. The summed E-state index contributed by atoms with van der Waals surface area (Å²) in [5.74, 6) is 0. The third-order valence-corrected chi connectivity index (χ3v) is 5.85. The van der Waals surface area contributed by atoms with E-state index in [0.717, 1.165) is 0 Å². The van der Waals surface area contributed by atoms with E-state index in [1.165, 1.54) is 10.6 Å². The molecule has 0 saturated carbocycles. The van der Waals surface area contributed by atoms with Gasteiger partial charge in [-0.05, 0) is 25.5 Å². The molecule has 2 aromatic carbocycles. The first-order valence-electron chi connectivity index (χ1n) is 5.37. The Bertz CT molecular complexity index is 429. The third kappa shape index (κ3) is 4.06. The molecule has 0 saturated heterocycles. The predicted octanol–water partition coefficient (Wildman–Crippen LogP) is 4.27. The molecule has 2 rings (SSSR count). The van der Waals surface area contributed by atoms with Crippen LogP contribution in [0.3, 0.4) is 0 Å².